The molecule has 88 valence electrons. The molecule has 6 nitrogen and oxygen atoms in total. The van der Waals surface area contributed by atoms with E-state index in [0.29, 0.717) is 11.4 Å². The SMILES string of the molecule is Cn1nccc1NC(=O)c1ccc(N)c(O)c1. The number of phenols is 1. The third-order valence-corrected chi connectivity index (χ3v) is 2.36. The van der Waals surface area contributed by atoms with E-state index in [9.17, 15) is 9.90 Å². The van der Waals surface area contributed by atoms with E-state index in [1.165, 1.54) is 16.8 Å². The minimum absolute atomic E-state index is 0.109. The number of carbonyl (C=O) groups is 1. The van der Waals surface area contributed by atoms with Gasteiger partial charge in [-0.25, -0.2) is 0 Å². The van der Waals surface area contributed by atoms with Crippen LogP contribution in [0.15, 0.2) is 30.5 Å². The number of nitrogens with zero attached hydrogens (tertiary/aromatic N) is 2. The highest BCUT2D eigenvalue weighted by atomic mass is 16.3. The van der Waals surface area contributed by atoms with Gasteiger partial charge in [0.1, 0.15) is 11.6 Å². The van der Waals surface area contributed by atoms with Crippen molar-refractivity contribution in [1.29, 1.82) is 0 Å². The van der Waals surface area contributed by atoms with Gasteiger partial charge in [-0.2, -0.15) is 5.10 Å². The van der Waals surface area contributed by atoms with E-state index < -0.39 is 0 Å². The molecule has 6 heteroatoms. The van der Waals surface area contributed by atoms with Crippen LogP contribution in [0.2, 0.25) is 0 Å². The van der Waals surface area contributed by atoms with Gasteiger partial charge in [0.2, 0.25) is 0 Å². The zero-order valence-electron chi connectivity index (χ0n) is 9.21. The van der Waals surface area contributed by atoms with Crippen LogP contribution in [0.25, 0.3) is 0 Å². The number of aromatic nitrogens is 2. The smallest absolute Gasteiger partial charge is 0.256 e. The van der Waals surface area contributed by atoms with Gasteiger partial charge in [0.05, 0.1) is 11.9 Å². The molecule has 0 atom stereocenters. The Hall–Kier alpha value is -2.50. The first-order valence-electron chi connectivity index (χ1n) is 4.96. The number of rotatable bonds is 2. The molecule has 2 rings (SSSR count). The van der Waals surface area contributed by atoms with Crippen LogP contribution in [0.5, 0.6) is 5.75 Å². The number of hydrogen-bond acceptors (Lipinski definition) is 4. The second-order valence-electron chi connectivity index (χ2n) is 3.57. The van der Waals surface area contributed by atoms with Crippen molar-refractivity contribution < 1.29 is 9.90 Å². The van der Waals surface area contributed by atoms with E-state index in [4.69, 9.17) is 5.73 Å². The molecule has 4 N–H and O–H groups in total. The summed E-state index contributed by atoms with van der Waals surface area (Å²) >= 11 is 0. The Kier molecular flexibility index (Phi) is 2.70. The Morgan fingerprint density at radius 2 is 2.24 bits per heavy atom. The number of benzene rings is 1. The van der Waals surface area contributed by atoms with Gasteiger partial charge in [0.15, 0.2) is 0 Å². The number of aryl methyl sites for hydroxylation is 1. The number of amides is 1. The van der Waals surface area contributed by atoms with Crippen molar-refractivity contribution in [3.63, 3.8) is 0 Å². The molecule has 0 radical (unpaired) electrons. The van der Waals surface area contributed by atoms with Gasteiger partial charge in [0, 0.05) is 18.7 Å². The van der Waals surface area contributed by atoms with Crippen LogP contribution >= 0.6 is 0 Å². The number of aromatic hydroxyl groups is 1. The monoisotopic (exact) mass is 232 g/mol. The molecule has 2 aromatic rings. The van der Waals surface area contributed by atoms with E-state index >= 15 is 0 Å². The Balaban J connectivity index is 2.20. The lowest BCUT2D eigenvalue weighted by atomic mass is 10.2. The topological polar surface area (TPSA) is 93.2 Å². The molecular formula is C11H12N4O2. The standard InChI is InChI=1S/C11H12N4O2/c1-15-10(4-5-13-15)14-11(17)7-2-3-8(12)9(16)6-7/h2-6,16H,12H2,1H3,(H,14,17). The molecule has 1 amide bonds. The maximum absolute atomic E-state index is 11.8. The second-order valence-corrected chi connectivity index (χ2v) is 3.57. The highest BCUT2D eigenvalue weighted by Crippen LogP contribution is 2.21. The van der Waals surface area contributed by atoms with Gasteiger partial charge >= 0.3 is 0 Å². The predicted octanol–water partition coefficient (Wildman–Crippen LogP) is 0.960. The lowest BCUT2D eigenvalue weighted by molar-refractivity contribution is 0.102. The summed E-state index contributed by atoms with van der Waals surface area (Å²) in [6, 6.07) is 6.02. The summed E-state index contributed by atoms with van der Waals surface area (Å²) in [6.07, 6.45) is 1.58. The lowest BCUT2D eigenvalue weighted by Gasteiger charge is -2.06. The number of anilines is 2. The van der Waals surface area contributed by atoms with Crippen molar-refractivity contribution in [2.45, 2.75) is 0 Å². The van der Waals surface area contributed by atoms with E-state index in [0.717, 1.165) is 0 Å². The fourth-order valence-electron chi connectivity index (χ4n) is 1.37. The van der Waals surface area contributed by atoms with E-state index in [2.05, 4.69) is 10.4 Å². The van der Waals surface area contributed by atoms with E-state index in [-0.39, 0.29) is 17.3 Å². The first-order chi connectivity index (χ1) is 8.08. The van der Waals surface area contributed by atoms with Crippen molar-refractivity contribution in [3.8, 4) is 5.75 Å². The number of hydrogen-bond donors (Lipinski definition) is 3. The summed E-state index contributed by atoms with van der Waals surface area (Å²) in [4.78, 5) is 11.8. The maximum Gasteiger partial charge on any atom is 0.256 e. The minimum Gasteiger partial charge on any atom is -0.506 e. The molecule has 0 bridgehead atoms. The fraction of sp³-hybridized carbons (Fsp3) is 0.0909. The first kappa shape index (κ1) is 11.0. The van der Waals surface area contributed by atoms with Crippen LogP contribution in [-0.2, 0) is 7.05 Å². The summed E-state index contributed by atoms with van der Waals surface area (Å²) in [5, 5.41) is 16.0. The van der Waals surface area contributed by atoms with Gasteiger partial charge < -0.3 is 16.2 Å². The molecule has 17 heavy (non-hydrogen) atoms. The number of phenolic OH excluding ortho intramolecular Hbond substituents is 1. The van der Waals surface area contributed by atoms with E-state index in [1.54, 1.807) is 25.4 Å². The first-order valence-corrected chi connectivity index (χ1v) is 4.96. The van der Waals surface area contributed by atoms with Crippen molar-refractivity contribution in [2.24, 2.45) is 7.05 Å². The van der Waals surface area contributed by atoms with Crippen molar-refractivity contribution >= 4 is 17.4 Å². The van der Waals surface area contributed by atoms with Gasteiger partial charge in [-0.3, -0.25) is 9.48 Å². The number of carbonyl (C=O) groups excluding carboxylic acids is 1. The molecule has 1 aromatic heterocycles. The number of nitrogens with two attached hydrogens (primary N) is 1. The van der Waals surface area contributed by atoms with Crippen molar-refractivity contribution in [2.75, 3.05) is 11.1 Å². The molecule has 0 aliphatic carbocycles. The molecule has 0 unspecified atom stereocenters. The zero-order chi connectivity index (χ0) is 12.4. The largest absolute Gasteiger partial charge is 0.506 e. The summed E-state index contributed by atoms with van der Waals surface area (Å²) in [7, 11) is 1.72. The lowest BCUT2D eigenvalue weighted by Crippen LogP contribution is -2.14. The summed E-state index contributed by atoms with van der Waals surface area (Å²) in [5.74, 6) is 0.137. The Bertz CT molecular complexity index is 562. The normalized spacial score (nSPS) is 10.2. The third-order valence-electron chi connectivity index (χ3n) is 2.36. The number of nitrogen functional groups attached to an aromatic ring is 1. The quantitative estimate of drug-likeness (QED) is 0.531. The van der Waals surface area contributed by atoms with Gasteiger partial charge in [-0.1, -0.05) is 0 Å². The Morgan fingerprint density at radius 1 is 1.47 bits per heavy atom. The average molecular weight is 232 g/mol. The third kappa shape index (κ3) is 2.20. The zero-order valence-corrected chi connectivity index (χ0v) is 9.21. The van der Waals surface area contributed by atoms with Gasteiger partial charge in [-0.15, -0.1) is 0 Å². The van der Waals surface area contributed by atoms with Crippen molar-refractivity contribution in [1.82, 2.24) is 9.78 Å². The van der Waals surface area contributed by atoms with Crippen LogP contribution in [0.1, 0.15) is 10.4 Å². The highest BCUT2D eigenvalue weighted by molar-refractivity contribution is 6.04. The van der Waals surface area contributed by atoms with Crippen LogP contribution in [0.3, 0.4) is 0 Å². The van der Waals surface area contributed by atoms with Gasteiger partial charge in [0.25, 0.3) is 5.91 Å². The predicted molar refractivity (Wildman–Crippen MR) is 63.7 cm³/mol. The minimum atomic E-state index is -0.330. The molecule has 0 aliphatic rings. The van der Waals surface area contributed by atoms with Crippen molar-refractivity contribution in [3.05, 3.63) is 36.0 Å². The van der Waals surface area contributed by atoms with E-state index in [1.807, 2.05) is 0 Å². The second kappa shape index (κ2) is 4.17. The van der Waals surface area contributed by atoms with Crippen LogP contribution in [0, 0.1) is 0 Å². The molecule has 1 aromatic carbocycles. The molecule has 0 aliphatic heterocycles. The summed E-state index contributed by atoms with van der Waals surface area (Å²) < 4.78 is 1.54. The Labute approximate surface area is 97.7 Å². The average Bonchev–Trinajstić information content (AvgIpc) is 2.68. The molecular weight excluding hydrogens is 220 g/mol. The van der Waals surface area contributed by atoms with Gasteiger partial charge in [-0.05, 0) is 18.2 Å². The number of nitrogens with one attached hydrogen (secondary N) is 1. The van der Waals surface area contributed by atoms with Crippen LogP contribution in [-0.4, -0.2) is 20.8 Å². The molecule has 1 heterocycles. The summed E-state index contributed by atoms with van der Waals surface area (Å²) in [6.45, 7) is 0. The molecule has 0 fully saturated rings. The van der Waals surface area contributed by atoms with Crippen LogP contribution < -0.4 is 11.1 Å². The maximum atomic E-state index is 11.8. The molecule has 0 spiro atoms. The summed E-state index contributed by atoms with van der Waals surface area (Å²) in [5.41, 5.74) is 6.02. The molecule has 0 saturated carbocycles. The molecule has 0 saturated heterocycles. The fourth-order valence-corrected chi connectivity index (χ4v) is 1.37. The Morgan fingerprint density at radius 3 is 2.82 bits per heavy atom. The highest BCUT2D eigenvalue weighted by Gasteiger charge is 2.09. The van der Waals surface area contributed by atoms with Crippen LogP contribution in [0.4, 0.5) is 11.5 Å².